The molecule has 4 heteroatoms. The van der Waals surface area contributed by atoms with Gasteiger partial charge in [-0.15, -0.1) is 0 Å². The predicted octanol–water partition coefficient (Wildman–Crippen LogP) is 4.68. The Morgan fingerprint density at radius 3 is 2.17 bits per heavy atom. The van der Waals surface area contributed by atoms with E-state index in [1.165, 1.54) is 11.1 Å². The number of anilines is 1. The van der Waals surface area contributed by atoms with Crippen molar-refractivity contribution in [2.24, 2.45) is 5.41 Å². The number of carbonyl (C=O) groups excluding carboxylic acids is 1. The molecule has 0 radical (unpaired) electrons. The van der Waals surface area contributed by atoms with E-state index >= 15 is 0 Å². The van der Waals surface area contributed by atoms with Gasteiger partial charge in [-0.1, -0.05) is 30.4 Å². The minimum Gasteiger partial charge on any atom is -0.284 e. The van der Waals surface area contributed by atoms with Crippen LogP contribution in [-0.4, -0.2) is 15.9 Å². The number of allylic oxidation sites excluding steroid dienone is 4. The minimum atomic E-state index is -0.120. The smallest absolute Gasteiger partial charge is 0.235 e. The van der Waals surface area contributed by atoms with Gasteiger partial charge in [0.1, 0.15) is 0 Å². The first kappa shape index (κ1) is 18.5. The summed E-state index contributed by atoms with van der Waals surface area (Å²) in [6.07, 6.45) is 16.9. The Labute approximate surface area is 176 Å². The van der Waals surface area contributed by atoms with Crippen molar-refractivity contribution in [3.8, 4) is 0 Å². The van der Waals surface area contributed by atoms with Gasteiger partial charge in [0.2, 0.25) is 5.91 Å². The van der Waals surface area contributed by atoms with Crippen molar-refractivity contribution in [2.75, 3.05) is 4.90 Å². The molecule has 0 saturated heterocycles. The third kappa shape index (κ3) is 3.57. The number of carbonyl (C=O) groups is 1. The monoisotopic (exact) mass is 393 g/mol. The van der Waals surface area contributed by atoms with E-state index in [4.69, 9.17) is 0 Å². The Kier molecular flexibility index (Phi) is 4.75. The molecule has 3 aromatic rings. The fourth-order valence-corrected chi connectivity index (χ4v) is 4.68. The molecule has 0 bridgehead atoms. The first-order chi connectivity index (χ1) is 14.7. The van der Waals surface area contributed by atoms with E-state index in [1.807, 2.05) is 54.0 Å². The molecule has 30 heavy (non-hydrogen) atoms. The van der Waals surface area contributed by atoms with Crippen molar-refractivity contribution in [1.82, 2.24) is 9.97 Å². The summed E-state index contributed by atoms with van der Waals surface area (Å²) in [5, 5.41) is 0. The number of aromatic nitrogens is 2. The van der Waals surface area contributed by atoms with Crippen LogP contribution in [0.4, 0.5) is 5.69 Å². The first-order valence-electron chi connectivity index (χ1n) is 10.3. The largest absolute Gasteiger partial charge is 0.284 e. The van der Waals surface area contributed by atoms with E-state index < -0.39 is 0 Å². The molecule has 0 atom stereocenters. The van der Waals surface area contributed by atoms with Crippen LogP contribution in [0.1, 0.15) is 23.1 Å². The second-order valence-corrected chi connectivity index (χ2v) is 8.16. The normalized spacial score (nSPS) is 17.0. The Morgan fingerprint density at radius 1 is 0.867 bits per heavy atom. The zero-order chi connectivity index (χ0) is 20.4. The molecule has 0 unspecified atom stereocenters. The van der Waals surface area contributed by atoms with E-state index in [0.29, 0.717) is 6.42 Å². The van der Waals surface area contributed by atoms with Crippen molar-refractivity contribution < 1.29 is 4.79 Å². The predicted molar refractivity (Wildman–Crippen MR) is 118 cm³/mol. The standard InChI is InChI=1S/C26H23N3O/c30-25-16-22-4-1-2-6-24(22)29(25)23-5-3-11-26(19-23,17-20-7-12-27-13-8-20)18-21-9-14-28-15-10-21/h1-15H,16-19H2. The molecule has 0 fully saturated rings. The number of fused-ring (bicyclic) bond motifs is 1. The van der Waals surface area contributed by atoms with Crippen LogP contribution < -0.4 is 4.90 Å². The van der Waals surface area contributed by atoms with Gasteiger partial charge in [0.05, 0.1) is 12.1 Å². The summed E-state index contributed by atoms with van der Waals surface area (Å²) in [6.45, 7) is 0. The van der Waals surface area contributed by atoms with Gasteiger partial charge in [-0.2, -0.15) is 0 Å². The first-order valence-corrected chi connectivity index (χ1v) is 10.3. The van der Waals surface area contributed by atoms with E-state index in [0.717, 1.165) is 36.2 Å². The summed E-state index contributed by atoms with van der Waals surface area (Å²) in [7, 11) is 0. The van der Waals surface area contributed by atoms with Crippen LogP contribution in [0.25, 0.3) is 0 Å². The maximum absolute atomic E-state index is 12.9. The summed E-state index contributed by atoms with van der Waals surface area (Å²) >= 11 is 0. The lowest BCUT2D eigenvalue weighted by molar-refractivity contribution is -0.117. The Bertz CT molecular complexity index is 1080. The number of para-hydroxylation sites is 1. The fraction of sp³-hybridized carbons (Fsp3) is 0.192. The summed E-state index contributed by atoms with van der Waals surface area (Å²) in [5.74, 6) is 0.152. The maximum atomic E-state index is 12.9. The van der Waals surface area contributed by atoms with E-state index in [1.54, 1.807) is 0 Å². The lowest BCUT2D eigenvalue weighted by Gasteiger charge is -2.37. The van der Waals surface area contributed by atoms with Gasteiger partial charge in [0.25, 0.3) is 0 Å². The minimum absolute atomic E-state index is 0.120. The molecule has 1 aromatic carbocycles. The maximum Gasteiger partial charge on any atom is 0.235 e. The number of hydrogen-bond donors (Lipinski definition) is 0. The Morgan fingerprint density at radius 2 is 1.50 bits per heavy atom. The second-order valence-electron chi connectivity index (χ2n) is 8.16. The molecule has 0 saturated carbocycles. The molecule has 3 heterocycles. The molecule has 1 amide bonds. The molecular formula is C26H23N3O. The van der Waals surface area contributed by atoms with Gasteiger partial charge in [-0.25, -0.2) is 0 Å². The van der Waals surface area contributed by atoms with Crippen molar-refractivity contribution in [3.63, 3.8) is 0 Å². The number of hydrogen-bond acceptors (Lipinski definition) is 3. The highest BCUT2D eigenvalue weighted by Gasteiger charge is 2.37. The third-order valence-electron chi connectivity index (χ3n) is 5.99. The summed E-state index contributed by atoms with van der Waals surface area (Å²) < 4.78 is 0. The lowest BCUT2D eigenvalue weighted by Crippen LogP contribution is -2.34. The number of rotatable bonds is 5. The van der Waals surface area contributed by atoms with E-state index in [-0.39, 0.29) is 11.3 Å². The average molecular weight is 393 g/mol. The van der Waals surface area contributed by atoms with Gasteiger partial charge in [-0.3, -0.25) is 19.7 Å². The number of amides is 1. The fourth-order valence-electron chi connectivity index (χ4n) is 4.68. The van der Waals surface area contributed by atoms with Crippen LogP contribution in [0.15, 0.2) is 97.2 Å². The summed E-state index contributed by atoms with van der Waals surface area (Å²) in [5.41, 5.74) is 5.56. The van der Waals surface area contributed by atoms with Crippen LogP contribution in [0, 0.1) is 5.41 Å². The van der Waals surface area contributed by atoms with Crippen LogP contribution in [0.3, 0.4) is 0 Å². The van der Waals surface area contributed by atoms with Crippen LogP contribution in [0.5, 0.6) is 0 Å². The molecular weight excluding hydrogens is 370 g/mol. The van der Waals surface area contributed by atoms with Crippen molar-refractivity contribution in [2.45, 2.75) is 25.7 Å². The van der Waals surface area contributed by atoms with Gasteiger partial charge in [-0.05, 0) is 72.4 Å². The SMILES string of the molecule is O=C1Cc2ccccc2N1C1=CC=CC(Cc2ccncc2)(Cc2ccncc2)C1. The second kappa shape index (κ2) is 7.71. The highest BCUT2D eigenvalue weighted by Crippen LogP contribution is 2.42. The summed E-state index contributed by atoms with van der Waals surface area (Å²) in [4.78, 5) is 23.2. The number of pyridine rings is 2. The zero-order valence-corrected chi connectivity index (χ0v) is 16.7. The molecule has 0 N–H and O–H groups in total. The van der Waals surface area contributed by atoms with Crippen molar-refractivity contribution in [1.29, 1.82) is 0 Å². The van der Waals surface area contributed by atoms with Crippen molar-refractivity contribution in [3.05, 3.63) is 114 Å². The Balaban J connectivity index is 1.50. The number of benzene rings is 1. The molecule has 1 aliphatic carbocycles. The van der Waals surface area contributed by atoms with Crippen LogP contribution in [0.2, 0.25) is 0 Å². The molecule has 2 aliphatic rings. The van der Waals surface area contributed by atoms with Crippen LogP contribution >= 0.6 is 0 Å². The van der Waals surface area contributed by atoms with Gasteiger partial charge >= 0.3 is 0 Å². The van der Waals surface area contributed by atoms with Crippen LogP contribution in [-0.2, 0) is 24.1 Å². The number of nitrogens with zero attached hydrogens (tertiary/aromatic N) is 3. The molecule has 1 aliphatic heterocycles. The average Bonchev–Trinajstić information content (AvgIpc) is 3.11. The molecule has 5 rings (SSSR count). The topological polar surface area (TPSA) is 46.1 Å². The summed E-state index contributed by atoms with van der Waals surface area (Å²) in [6, 6.07) is 16.4. The quantitative estimate of drug-likeness (QED) is 0.632. The zero-order valence-electron chi connectivity index (χ0n) is 16.7. The van der Waals surface area contributed by atoms with E-state index in [9.17, 15) is 4.79 Å². The van der Waals surface area contributed by atoms with Gasteiger partial charge in [0, 0.05) is 35.9 Å². The molecule has 0 spiro atoms. The highest BCUT2D eigenvalue weighted by molar-refractivity contribution is 6.04. The Hall–Kier alpha value is -3.53. The molecule has 148 valence electrons. The van der Waals surface area contributed by atoms with E-state index in [2.05, 4.69) is 52.5 Å². The lowest BCUT2D eigenvalue weighted by atomic mass is 9.71. The highest BCUT2D eigenvalue weighted by atomic mass is 16.2. The van der Waals surface area contributed by atoms with Gasteiger partial charge in [0.15, 0.2) is 0 Å². The van der Waals surface area contributed by atoms with Crippen molar-refractivity contribution >= 4 is 11.6 Å². The van der Waals surface area contributed by atoms with Gasteiger partial charge < -0.3 is 0 Å². The molecule has 2 aromatic heterocycles. The third-order valence-corrected chi connectivity index (χ3v) is 5.99. The molecule has 4 nitrogen and oxygen atoms in total.